The van der Waals surface area contributed by atoms with Gasteiger partial charge in [0.1, 0.15) is 5.82 Å². The van der Waals surface area contributed by atoms with Crippen molar-refractivity contribution in [2.45, 2.75) is 18.9 Å². The van der Waals surface area contributed by atoms with Gasteiger partial charge in [0.05, 0.1) is 11.4 Å². The quantitative estimate of drug-likeness (QED) is 0.424. The molecule has 0 saturated carbocycles. The molecule has 2 aliphatic heterocycles. The van der Waals surface area contributed by atoms with Gasteiger partial charge in [0.25, 0.3) is 11.8 Å². The zero-order valence-corrected chi connectivity index (χ0v) is 18.8. The molecule has 0 spiro atoms. The summed E-state index contributed by atoms with van der Waals surface area (Å²) in [4.78, 5) is 45.8. The van der Waals surface area contributed by atoms with Gasteiger partial charge in [0.2, 0.25) is 0 Å². The van der Waals surface area contributed by atoms with E-state index in [9.17, 15) is 18.8 Å². The molecule has 0 bridgehead atoms. The van der Waals surface area contributed by atoms with Crippen LogP contribution in [0.2, 0.25) is 0 Å². The average molecular weight is 468 g/mol. The lowest BCUT2D eigenvalue weighted by Gasteiger charge is -2.35. The normalized spacial score (nSPS) is 19.1. The van der Waals surface area contributed by atoms with E-state index >= 15 is 0 Å². The minimum atomic E-state index is -1.14. The van der Waals surface area contributed by atoms with E-state index < -0.39 is 23.3 Å². The molecule has 0 aliphatic carbocycles. The maximum absolute atomic E-state index is 13.7. The second kappa shape index (κ2) is 7.53. The Kier molecular flexibility index (Phi) is 4.54. The Labute approximate surface area is 200 Å². The molecule has 4 amide bonds. The summed E-state index contributed by atoms with van der Waals surface area (Å²) in [5.74, 6) is -1.22. The molecule has 2 aliphatic rings. The fourth-order valence-corrected chi connectivity index (χ4v) is 5.15. The van der Waals surface area contributed by atoms with Crippen molar-refractivity contribution < 1.29 is 18.8 Å². The van der Waals surface area contributed by atoms with Crippen LogP contribution in [-0.2, 0) is 16.8 Å². The Balaban J connectivity index is 1.31. The number of aromatic nitrogens is 1. The fourth-order valence-electron chi connectivity index (χ4n) is 5.15. The molecule has 35 heavy (non-hydrogen) atoms. The molecule has 1 aromatic heterocycles. The number of hydrogen-bond acceptors (Lipinski definition) is 3. The number of carbonyl (C=O) groups is 3. The van der Waals surface area contributed by atoms with Crippen molar-refractivity contribution in [2.24, 2.45) is 0 Å². The number of nitrogens with one attached hydrogen (secondary N) is 2. The van der Waals surface area contributed by atoms with Gasteiger partial charge >= 0.3 is 6.03 Å². The highest BCUT2D eigenvalue weighted by Gasteiger charge is 2.59. The number of imide groups is 1. The zero-order valence-electron chi connectivity index (χ0n) is 18.8. The number of anilines is 2. The molecule has 1 fully saturated rings. The number of aromatic amines is 1. The summed E-state index contributed by atoms with van der Waals surface area (Å²) >= 11 is 0. The number of nitrogens with zero attached hydrogens (tertiary/aromatic N) is 2. The molecule has 7 nitrogen and oxygen atoms in total. The molecule has 3 heterocycles. The van der Waals surface area contributed by atoms with Gasteiger partial charge in [-0.15, -0.1) is 0 Å². The molecule has 8 heteroatoms. The Hall–Kier alpha value is -4.46. The van der Waals surface area contributed by atoms with Crippen LogP contribution < -0.4 is 10.2 Å². The second-order valence-electron chi connectivity index (χ2n) is 8.93. The molecular weight excluding hydrogens is 447 g/mol. The number of H-pyrrole nitrogens is 1. The van der Waals surface area contributed by atoms with Gasteiger partial charge in [0, 0.05) is 28.7 Å². The second-order valence-corrected chi connectivity index (χ2v) is 8.93. The predicted octanol–water partition coefficient (Wildman–Crippen LogP) is 4.80. The summed E-state index contributed by atoms with van der Waals surface area (Å²) < 4.78 is 13.4. The number of fused-ring (bicyclic) bond motifs is 5. The van der Waals surface area contributed by atoms with E-state index in [0.717, 1.165) is 22.2 Å². The highest BCUT2D eigenvalue weighted by atomic mass is 19.1. The van der Waals surface area contributed by atoms with Gasteiger partial charge in [-0.05, 0) is 67.4 Å². The fraction of sp³-hybridized carbons (Fsp3) is 0.148. The highest BCUT2D eigenvalue weighted by Crippen LogP contribution is 2.45. The summed E-state index contributed by atoms with van der Waals surface area (Å²) in [5.41, 5.74) is 2.64. The number of para-hydroxylation sites is 1. The number of halogens is 1. The lowest BCUT2D eigenvalue weighted by molar-refractivity contribution is -0.125. The summed E-state index contributed by atoms with van der Waals surface area (Å²) in [6.07, 6.45) is 0.654. The van der Waals surface area contributed by atoms with Crippen molar-refractivity contribution in [1.29, 1.82) is 0 Å². The van der Waals surface area contributed by atoms with Crippen LogP contribution in [0.15, 0.2) is 72.8 Å². The van der Waals surface area contributed by atoms with E-state index in [1.807, 2.05) is 24.3 Å². The Morgan fingerprint density at radius 1 is 1.03 bits per heavy atom. The molecule has 2 N–H and O–H groups in total. The van der Waals surface area contributed by atoms with Gasteiger partial charge < -0.3 is 15.2 Å². The number of carbonyl (C=O) groups excluding carboxylic acids is 3. The summed E-state index contributed by atoms with van der Waals surface area (Å²) in [7, 11) is 0. The molecule has 0 radical (unpaired) electrons. The largest absolute Gasteiger partial charge is 0.356 e. The van der Waals surface area contributed by atoms with Gasteiger partial charge in [-0.1, -0.05) is 24.3 Å². The van der Waals surface area contributed by atoms with Crippen LogP contribution in [0.5, 0.6) is 0 Å². The molecule has 1 saturated heterocycles. The highest BCUT2D eigenvalue weighted by molar-refractivity contribution is 6.23. The van der Waals surface area contributed by atoms with Gasteiger partial charge in [-0.25, -0.2) is 14.1 Å². The Bertz CT molecular complexity index is 1530. The third kappa shape index (κ3) is 3.06. The van der Waals surface area contributed by atoms with E-state index in [0.29, 0.717) is 29.9 Å². The van der Waals surface area contributed by atoms with Crippen molar-refractivity contribution in [3.05, 3.63) is 95.4 Å². The van der Waals surface area contributed by atoms with Crippen LogP contribution in [0, 0.1) is 5.82 Å². The summed E-state index contributed by atoms with van der Waals surface area (Å²) in [5, 5.41) is 3.70. The number of benzene rings is 3. The van der Waals surface area contributed by atoms with Gasteiger partial charge in [0.15, 0.2) is 5.54 Å². The molecule has 3 aromatic carbocycles. The van der Waals surface area contributed by atoms with Crippen molar-refractivity contribution >= 4 is 40.1 Å². The molecule has 1 atom stereocenters. The smallest absolute Gasteiger partial charge is 0.332 e. The topological polar surface area (TPSA) is 85.5 Å². The van der Waals surface area contributed by atoms with E-state index in [-0.39, 0.29) is 5.91 Å². The number of rotatable bonds is 3. The minimum Gasteiger partial charge on any atom is -0.356 e. The first kappa shape index (κ1) is 21.1. The van der Waals surface area contributed by atoms with E-state index in [1.54, 1.807) is 42.2 Å². The van der Waals surface area contributed by atoms with Crippen molar-refractivity contribution in [3.8, 4) is 0 Å². The first-order valence-electron chi connectivity index (χ1n) is 11.3. The van der Waals surface area contributed by atoms with Crippen LogP contribution in [-0.4, -0.2) is 34.3 Å². The van der Waals surface area contributed by atoms with Crippen molar-refractivity contribution in [2.75, 3.05) is 16.8 Å². The van der Waals surface area contributed by atoms with E-state index in [4.69, 9.17) is 0 Å². The number of urea groups is 1. The molecular formula is C27H21FN4O3. The number of hydrogen-bond donors (Lipinski definition) is 2. The molecule has 6 rings (SSSR count). The Morgan fingerprint density at radius 3 is 2.57 bits per heavy atom. The van der Waals surface area contributed by atoms with Crippen molar-refractivity contribution in [3.63, 3.8) is 0 Å². The summed E-state index contributed by atoms with van der Waals surface area (Å²) in [6, 6.07) is 19.3. The first-order chi connectivity index (χ1) is 16.9. The van der Waals surface area contributed by atoms with Crippen LogP contribution in [0.3, 0.4) is 0 Å². The van der Waals surface area contributed by atoms with E-state index in [1.165, 1.54) is 23.1 Å². The van der Waals surface area contributed by atoms with Crippen LogP contribution >= 0.6 is 0 Å². The average Bonchev–Trinajstić information content (AvgIpc) is 3.33. The van der Waals surface area contributed by atoms with Crippen LogP contribution in [0.25, 0.3) is 10.9 Å². The van der Waals surface area contributed by atoms with Crippen LogP contribution in [0.4, 0.5) is 20.6 Å². The molecule has 4 aromatic rings. The lowest BCUT2D eigenvalue weighted by atomic mass is 9.87. The SMILES string of the molecule is C[C@]12C(=O)N(c3ccc(C(=O)Nc4cccc(F)c4)cc3)C(=O)N1CCc1c2[nH]c2ccccc12. The predicted molar refractivity (Wildman–Crippen MR) is 130 cm³/mol. The van der Waals surface area contributed by atoms with E-state index in [2.05, 4.69) is 10.3 Å². The third-order valence-electron chi connectivity index (χ3n) is 6.94. The monoisotopic (exact) mass is 468 g/mol. The maximum atomic E-state index is 13.7. The Morgan fingerprint density at radius 2 is 1.80 bits per heavy atom. The maximum Gasteiger partial charge on any atom is 0.332 e. The minimum absolute atomic E-state index is 0.318. The van der Waals surface area contributed by atoms with Gasteiger partial charge in [-0.2, -0.15) is 0 Å². The van der Waals surface area contributed by atoms with Crippen molar-refractivity contribution in [1.82, 2.24) is 9.88 Å². The first-order valence-corrected chi connectivity index (χ1v) is 11.3. The summed E-state index contributed by atoms with van der Waals surface area (Å²) in [6.45, 7) is 2.21. The third-order valence-corrected chi connectivity index (χ3v) is 6.94. The van der Waals surface area contributed by atoms with Gasteiger partial charge in [-0.3, -0.25) is 9.59 Å². The number of amides is 4. The molecule has 174 valence electrons. The lowest BCUT2D eigenvalue weighted by Crippen LogP contribution is -2.49. The molecule has 0 unspecified atom stereocenters. The zero-order chi connectivity index (χ0) is 24.3. The van der Waals surface area contributed by atoms with Crippen LogP contribution in [0.1, 0.15) is 28.5 Å². The standard InChI is InChI=1S/C27H21FN4O3/c1-27-23-21(20-7-2-3-8-22(20)30-23)13-14-31(27)26(35)32(25(27)34)19-11-9-16(10-12-19)24(33)29-18-6-4-5-17(28)15-18/h2-12,15,30H,13-14H2,1H3,(H,29,33)/t27-/m0/s1.